The molecule has 0 saturated heterocycles. The van der Waals surface area contributed by atoms with Crippen molar-refractivity contribution in [1.29, 1.82) is 0 Å². The van der Waals surface area contributed by atoms with Gasteiger partial charge < -0.3 is 0 Å². The fourth-order valence-corrected chi connectivity index (χ4v) is 3.42. The van der Waals surface area contributed by atoms with Gasteiger partial charge in [0.1, 0.15) is 5.01 Å². The van der Waals surface area contributed by atoms with Gasteiger partial charge in [-0.05, 0) is 24.5 Å². The van der Waals surface area contributed by atoms with Gasteiger partial charge in [-0.15, -0.1) is 11.3 Å². The van der Waals surface area contributed by atoms with Crippen LogP contribution in [0.5, 0.6) is 0 Å². The van der Waals surface area contributed by atoms with Crippen molar-refractivity contribution >= 4 is 27.3 Å². The molecule has 1 aromatic heterocycles. The van der Waals surface area contributed by atoms with Crippen LogP contribution in [0, 0.1) is 0 Å². The highest BCUT2D eigenvalue weighted by molar-refractivity contribution is 7.87. The van der Waals surface area contributed by atoms with Gasteiger partial charge in [-0.25, -0.2) is 4.98 Å². The van der Waals surface area contributed by atoms with Gasteiger partial charge in [-0.1, -0.05) is 26.0 Å². The van der Waals surface area contributed by atoms with Crippen LogP contribution < -0.4 is 4.72 Å². The minimum absolute atomic E-state index is 0.390. The van der Waals surface area contributed by atoms with Crippen molar-refractivity contribution in [1.82, 2.24) is 4.98 Å². The molecule has 2 aromatic rings. The molecular weight excluding hydrogens is 296 g/mol. The normalized spacial score (nSPS) is 11.6. The highest BCUT2D eigenvalue weighted by Gasteiger charge is 2.14. The summed E-state index contributed by atoms with van der Waals surface area (Å²) in [6.45, 7) is 3.97. The highest BCUT2D eigenvalue weighted by Crippen LogP contribution is 2.32. The molecule has 108 valence electrons. The van der Waals surface area contributed by atoms with E-state index in [1.54, 1.807) is 12.1 Å². The zero-order valence-electron chi connectivity index (χ0n) is 11.3. The van der Waals surface area contributed by atoms with E-state index >= 15 is 0 Å². The van der Waals surface area contributed by atoms with Crippen LogP contribution in [0.2, 0.25) is 0 Å². The molecule has 0 fully saturated rings. The van der Waals surface area contributed by atoms with Crippen molar-refractivity contribution in [3.8, 4) is 10.6 Å². The monoisotopic (exact) mass is 312 g/mol. The lowest BCUT2D eigenvalue weighted by molar-refractivity contribution is 0.489. The van der Waals surface area contributed by atoms with Crippen LogP contribution in [0.4, 0.5) is 5.69 Å². The van der Waals surface area contributed by atoms with Gasteiger partial charge in [0.2, 0.25) is 0 Å². The van der Waals surface area contributed by atoms with Crippen molar-refractivity contribution in [3.63, 3.8) is 0 Å². The average Bonchev–Trinajstić information content (AvgIpc) is 2.85. The highest BCUT2D eigenvalue weighted by atomic mass is 32.2. The Morgan fingerprint density at radius 3 is 2.60 bits per heavy atom. The molecule has 7 heteroatoms. The number of benzene rings is 1. The number of aromatic nitrogens is 1. The largest absolute Gasteiger partial charge is 0.357 e. The van der Waals surface area contributed by atoms with E-state index in [1.807, 2.05) is 25.3 Å². The van der Waals surface area contributed by atoms with Gasteiger partial charge in [0, 0.05) is 10.9 Å². The average molecular weight is 312 g/mol. The number of hydrogen-bond donors (Lipinski definition) is 2. The maximum Gasteiger partial charge on any atom is 0.357 e. The summed E-state index contributed by atoms with van der Waals surface area (Å²) in [7, 11) is -4.28. The van der Waals surface area contributed by atoms with Crippen molar-refractivity contribution in [2.45, 2.75) is 26.7 Å². The summed E-state index contributed by atoms with van der Waals surface area (Å²) in [5.41, 5.74) is 3.12. The van der Waals surface area contributed by atoms with E-state index in [4.69, 9.17) is 4.55 Å². The van der Waals surface area contributed by atoms with E-state index < -0.39 is 10.3 Å². The molecule has 0 unspecified atom stereocenters. The second kappa shape index (κ2) is 5.90. The molecule has 0 aliphatic carbocycles. The molecule has 0 aliphatic heterocycles. The third-order valence-corrected chi connectivity index (χ3v) is 4.32. The summed E-state index contributed by atoms with van der Waals surface area (Å²) < 4.78 is 33.1. The van der Waals surface area contributed by atoms with Gasteiger partial charge in [-0.2, -0.15) is 8.42 Å². The number of rotatable bonds is 5. The molecule has 0 radical (unpaired) electrons. The predicted octanol–water partition coefficient (Wildman–Crippen LogP) is 3.15. The predicted molar refractivity (Wildman–Crippen MR) is 81.5 cm³/mol. The first-order valence-electron chi connectivity index (χ1n) is 6.26. The van der Waals surface area contributed by atoms with E-state index in [2.05, 4.69) is 9.71 Å². The lowest BCUT2D eigenvalue weighted by atomic mass is 10.0. The van der Waals surface area contributed by atoms with Crippen LogP contribution in [-0.2, 0) is 23.1 Å². The van der Waals surface area contributed by atoms with E-state index in [0.717, 1.165) is 28.2 Å². The molecule has 0 amide bonds. The molecule has 2 N–H and O–H groups in total. The topological polar surface area (TPSA) is 79.3 Å². The van der Waals surface area contributed by atoms with Crippen LogP contribution in [0.1, 0.15) is 25.1 Å². The first-order valence-corrected chi connectivity index (χ1v) is 8.58. The van der Waals surface area contributed by atoms with E-state index in [0.29, 0.717) is 12.1 Å². The molecule has 0 spiro atoms. The fourth-order valence-electron chi connectivity index (χ4n) is 2.00. The van der Waals surface area contributed by atoms with Crippen LogP contribution in [0.3, 0.4) is 0 Å². The van der Waals surface area contributed by atoms with Gasteiger partial charge in [0.25, 0.3) is 0 Å². The van der Waals surface area contributed by atoms with Crippen molar-refractivity contribution in [3.05, 3.63) is 34.8 Å². The number of nitrogens with one attached hydrogen (secondary N) is 1. The van der Waals surface area contributed by atoms with Crippen LogP contribution >= 0.6 is 11.3 Å². The van der Waals surface area contributed by atoms with Gasteiger partial charge >= 0.3 is 10.3 Å². The maximum absolute atomic E-state index is 11.0. The third-order valence-electron chi connectivity index (χ3n) is 2.91. The lowest BCUT2D eigenvalue weighted by Crippen LogP contribution is -2.12. The molecule has 0 bridgehead atoms. The summed E-state index contributed by atoms with van der Waals surface area (Å²) in [5.74, 6) is 0. The first kappa shape index (κ1) is 15.0. The quantitative estimate of drug-likeness (QED) is 0.831. The molecule has 20 heavy (non-hydrogen) atoms. The third kappa shape index (κ3) is 3.36. The molecule has 2 rings (SSSR count). The zero-order chi connectivity index (χ0) is 14.8. The Labute approximate surface area is 122 Å². The Bertz CT molecular complexity index is 708. The minimum atomic E-state index is -4.28. The first-order chi connectivity index (χ1) is 9.44. The zero-order valence-corrected chi connectivity index (χ0v) is 12.9. The number of nitrogens with zero attached hydrogens (tertiary/aromatic N) is 1. The Morgan fingerprint density at radius 1 is 1.30 bits per heavy atom. The molecular formula is C13H16N2O3S2. The van der Waals surface area contributed by atoms with Crippen LogP contribution in [0.25, 0.3) is 10.6 Å². The Hall–Kier alpha value is -1.44. The van der Waals surface area contributed by atoms with Crippen molar-refractivity contribution in [2.75, 3.05) is 4.72 Å². The second-order valence-electron chi connectivity index (χ2n) is 4.26. The summed E-state index contributed by atoms with van der Waals surface area (Å²) >= 11 is 1.53. The van der Waals surface area contributed by atoms with Crippen molar-refractivity contribution in [2.24, 2.45) is 0 Å². The summed E-state index contributed by atoms with van der Waals surface area (Å²) in [5, 5.41) is 2.86. The Kier molecular flexibility index (Phi) is 4.42. The standard InChI is InChI=1S/C13H16N2O3S2/c1-3-9-8-19-13(14-9)11-6-5-7-12(10(11)4-2)15-20(16,17)18/h5-8,15H,3-4H2,1-2H3,(H,16,17,18). The molecule has 0 atom stereocenters. The van der Waals surface area contributed by atoms with E-state index in [-0.39, 0.29) is 0 Å². The maximum atomic E-state index is 11.0. The van der Waals surface area contributed by atoms with Crippen molar-refractivity contribution < 1.29 is 13.0 Å². The summed E-state index contributed by atoms with van der Waals surface area (Å²) in [4.78, 5) is 4.52. The molecule has 1 heterocycles. The van der Waals surface area contributed by atoms with Gasteiger partial charge in [-0.3, -0.25) is 9.27 Å². The number of anilines is 1. The lowest BCUT2D eigenvalue weighted by Gasteiger charge is -2.12. The minimum Gasteiger partial charge on any atom is -0.269 e. The van der Waals surface area contributed by atoms with Crippen LogP contribution in [-0.4, -0.2) is 18.0 Å². The number of thiazole rings is 1. The molecule has 5 nitrogen and oxygen atoms in total. The Balaban J connectivity index is 2.51. The summed E-state index contributed by atoms with van der Waals surface area (Å²) in [6.07, 6.45) is 1.50. The number of hydrogen-bond acceptors (Lipinski definition) is 4. The van der Waals surface area contributed by atoms with Crippen LogP contribution in [0.15, 0.2) is 23.6 Å². The van der Waals surface area contributed by atoms with Gasteiger partial charge in [0.15, 0.2) is 0 Å². The number of aryl methyl sites for hydroxylation is 1. The van der Waals surface area contributed by atoms with E-state index in [9.17, 15) is 8.42 Å². The molecule has 0 saturated carbocycles. The van der Waals surface area contributed by atoms with Gasteiger partial charge in [0.05, 0.1) is 11.4 Å². The second-order valence-corrected chi connectivity index (χ2v) is 6.27. The Morgan fingerprint density at radius 2 is 2.05 bits per heavy atom. The molecule has 0 aliphatic rings. The smallest absolute Gasteiger partial charge is 0.269 e. The fraction of sp³-hybridized carbons (Fsp3) is 0.308. The molecule has 1 aromatic carbocycles. The summed E-state index contributed by atoms with van der Waals surface area (Å²) in [6, 6.07) is 5.28. The van der Waals surface area contributed by atoms with E-state index in [1.165, 1.54) is 11.3 Å². The SMILES string of the molecule is CCc1csc(-c2cccc(NS(=O)(=O)O)c2CC)n1.